The van der Waals surface area contributed by atoms with Crippen LogP contribution >= 0.6 is 0 Å². The van der Waals surface area contributed by atoms with Crippen LogP contribution in [0.4, 0.5) is 0 Å². The van der Waals surface area contributed by atoms with Gasteiger partial charge >= 0.3 is 30.2 Å². The first-order valence-electron chi connectivity index (χ1n) is 17.8. The number of benzene rings is 6. The van der Waals surface area contributed by atoms with Gasteiger partial charge in [-0.05, 0) is 63.8 Å². The molecule has 2 nitrogen and oxygen atoms in total. The van der Waals surface area contributed by atoms with Crippen molar-refractivity contribution in [1.82, 2.24) is 0 Å². The second-order valence-electron chi connectivity index (χ2n) is 13.0. The van der Waals surface area contributed by atoms with Crippen LogP contribution in [0.2, 0.25) is 0 Å². The Morgan fingerprint density at radius 3 is 0.963 bits per heavy atom. The number of phenols is 2. The molecule has 0 fully saturated rings. The standard InChI is InChI=1S/2C10H9.2C9H12O.2C6H5.Si.Zr/c2*1-8-6-9-4-2-3-5-10(9)7-8;2*1-6-4-7(2)9(10)8(3)5-6;2*1-2-4-6-5-3-1;;/h2*2-7H,1H3;2*4-5,10H,1-3H3;2*1-5H;;/q2*-1;;;2*-1;;. The van der Waals surface area contributed by atoms with Crippen LogP contribution in [-0.4, -0.2) is 17.1 Å². The van der Waals surface area contributed by atoms with Crippen LogP contribution in [0.25, 0.3) is 21.5 Å². The number of rotatable bonds is 0. The topological polar surface area (TPSA) is 40.5 Å². The van der Waals surface area contributed by atoms with Crippen molar-refractivity contribution >= 4 is 28.4 Å². The maximum atomic E-state index is 9.33. The molecule has 0 amide bonds. The third kappa shape index (κ3) is 16.9. The fraction of sp³-hybridized carbons (Fsp3) is 0.160. The minimum atomic E-state index is 0.422. The summed E-state index contributed by atoms with van der Waals surface area (Å²) < 4.78 is 0. The number of hydrogen-bond donors (Lipinski definition) is 2. The van der Waals surface area contributed by atoms with Crippen LogP contribution < -0.4 is 0 Å². The second kappa shape index (κ2) is 25.3. The van der Waals surface area contributed by atoms with Gasteiger partial charge in [-0.2, -0.15) is 84.9 Å². The molecule has 0 heterocycles. The molecule has 0 aliphatic heterocycles. The smallest absolute Gasteiger partial charge is 0.171 e. The number of fused-ring (bicyclic) bond motifs is 2. The first-order chi connectivity index (χ1) is 25.9. The summed E-state index contributed by atoms with van der Waals surface area (Å²) in [5, 5.41) is 24.1. The third-order valence-corrected chi connectivity index (χ3v) is 8.01. The summed E-state index contributed by atoms with van der Waals surface area (Å²) in [6.45, 7) is 19.0. The SMILES string of the molecule is Cc1cc(C)c(O)c(C)c1.Cc1cc(C)c(O)c(C)c1.Cc1cc2ccccc2[cH-]1.Cc1cc2ccccc2[cH-]1.[Si]=[Zr].[c-]1ccccc1.[c-]1ccccc1. The molecule has 0 atom stereocenters. The van der Waals surface area contributed by atoms with E-state index in [4.69, 9.17) is 0 Å². The molecule has 8 aromatic carbocycles. The fourth-order valence-corrected chi connectivity index (χ4v) is 5.64. The van der Waals surface area contributed by atoms with E-state index in [9.17, 15) is 10.2 Å². The van der Waals surface area contributed by atoms with Crippen LogP contribution in [0.1, 0.15) is 44.5 Å². The summed E-state index contributed by atoms with van der Waals surface area (Å²) >= 11 is 1.36. The quantitative estimate of drug-likeness (QED) is 0.118. The van der Waals surface area contributed by atoms with Gasteiger partial charge in [-0.3, -0.25) is 0 Å². The molecule has 0 saturated carbocycles. The molecule has 276 valence electrons. The van der Waals surface area contributed by atoms with Gasteiger partial charge in [0.15, 0.2) is 0 Å². The van der Waals surface area contributed by atoms with Crippen LogP contribution in [0.15, 0.2) is 158 Å². The average Bonchev–Trinajstić information content (AvgIpc) is 3.77. The molecular weight excluding hydrogens is 752 g/mol. The predicted molar refractivity (Wildman–Crippen MR) is 230 cm³/mol. The Morgan fingerprint density at radius 1 is 0.426 bits per heavy atom. The fourth-order valence-electron chi connectivity index (χ4n) is 5.64. The summed E-state index contributed by atoms with van der Waals surface area (Å²) in [5.41, 5.74) is 8.92. The van der Waals surface area contributed by atoms with E-state index in [1.54, 1.807) is 0 Å². The molecule has 0 aromatic heterocycles. The zero-order chi connectivity index (χ0) is 39.9. The summed E-state index contributed by atoms with van der Waals surface area (Å²) in [7, 11) is 0. The molecule has 0 saturated heterocycles. The van der Waals surface area contributed by atoms with Gasteiger partial charge in [-0.1, -0.05) is 61.4 Å². The van der Waals surface area contributed by atoms with Crippen molar-refractivity contribution in [3.05, 3.63) is 214 Å². The van der Waals surface area contributed by atoms with Gasteiger partial charge in [-0.15, -0.1) is 81.2 Å². The van der Waals surface area contributed by atoms with E-state index >= 15 is 0 Å². The second-order valence-corrected chi connectivity index (χ2v) is 13.0. The molecular formula is C50H52O2SiZr-4. The van der Waals surface area contributed by atoms with Gasteiger partial charge in [0.1, 0.15) is 11.5 Å². The summed E-state index contributed by atoms with van der Waals surface area (Å²) in [6.07, 6.45) is 0. The Labute approximate surface area is 341 Å². The van der Waals surface area contributed by atoms with Gasteiger partial charge in [0, 0.05) is 0 Å². The van der Waals surface area contributed by atoms with Crippen LogP contribution in [0.3, 0.4) is 0 Å². The van der Waals surface area contributed by atoms with E-state index in [2.05, 4.69) is 106 Å². The van der Waals surface area contributed by atoms with E-state index in [1.807, 2.05) is 126 Å². The Hall–Kier alpha value is -4.76. The zero-order valence-corrected chi connectivity index (χ0v) is 36.4. The molecule has 0 unspecified atom stereocenters. The summed E-state index contributed by atoms with van der Waals surface area (Å²) in [6, 6.07) is 58.6. The van der Waals surface area contributed by atoms with Crippen LogP contribution in [-0.2, 0) is 23.3 Å². The maximum Gasteiger partial charge on any atom is -0.171 e. The Balaban J connectivity index is 0.000000224. The monoisotopic (exact) mass is 802 g/mol. The van der Waals surface area contributed by atoms with Gasteiger partial charge in [0.25, 0.3) is 0 Å². The van der Waals surface area contributed by atoms with Gasteiger partial charge in [0.05, 0.1) is 0 Å². The van der Waals surface area contributed by atoms with Crippen molar-refractivity contribution in [1.29, 1.82) is 0 Å². The normalized spacial score (nSPS) is 9.39. The first-order valence-corrected chi connectivity index (χ1v) is 22.0. The van der Waals surface area contributed by atoms with E-state index in [0.717, 1.165) is 22.3 Å². The molecule has 8 aromatic rings. The number of phenolic OH excluding ortho intramolecular Hbond substituents is 2. The number of aromatic hydroxyl groups is 2. The minimum Gasteiger partial charge on any atom is -0.184 e. The first kappa shape index (κ1) is 45.4. The average molecular weight is 804 g/mol. The molecule has 54 heavy (non-hydrogen) atoms. The van der Waals surface area contributed by atoms with Crippen LogP contribution in [0, 0.1) is 67.5 Å². The van der Waals surface area contributed by atoms with Crippen molar-refractivity contribution < 1.29 is 33.5 Å². The number of hydrogen-bond acceptors (Lipinski definition) is 2. The van der Waals surface area contributed by atoms with E-state index in [0.29, 0.717) is 11.5 Å². The Bertz CT molecular complexity index is 1890. The van der Waals surface area contributed by atoms with Crippen LogP contribution in [0.5, 0.6) is 11.5 Å². The third-order valence-electron chi connectivity index (χ3n) is 8.01. The van der Waals surface area contributed by atoms with Crippen molar-refractivity contribution in [2.75, 3.05) is 0 Å². The minimum absolute atomic E-state index is 0.422. The molecule has 0 bridgehead atoms. The van der Waals surface area contributed by atoms with E-state index in [-0.39, 0.29) is 0 Å². The molecule has 0 aliphatic carbocycles. The van der Waals surface area contributed by atoms with Crippen molar-refractivity contribution in [3.63, 3.8) is 0 Å². The molecule has 4 heteroatoms. The molecule has 2 radical (unpaired) electrons. The van der Waals surface area contributed by atoms with E-state index < -0.39 is 0 Å². The van der Waals surface area contributed by atoms with Gasteiger partial charge in [0.2, 0.25) is 0 Å². The predicted octanol–water partition coefficient (Wildman–Crippen LogP) is 13.0. The van der Waals surface area contributed by atoms with Crippen molar-refractivity contribution in [3.8, 4) is 11.5 Å². The van der Waals surface area contributed by atoms with Crippen molar-refractivity contribution in [2.24, 2.45) is 0 Å². The molecule has 0 spiro atoms. The maximum absolute atomic E-state index is 9.33. The van der Waals surface area contributed by atoms with Crippen molar-refractivity contribution in [2.45, 2.75) is 55.4 Å². The van der Waals surface area contributed by atoms with Gasteiger partial charge < -0.3 is 10.2 Å². The van der Waals surface area contributed by atoms with Gasteiger partial charge in [-0.25, -0.2) is 0 Å². The largest absolute Gasteiger partial charge is 0.184 e. The zero-order valence-electron chi connectivity index (χ0n) is 32.9. The molecule has 8 rings (SSSR count). The molecule has 2 N–H and O–H groups in total. The summed E-state index contributed by atoms with van der Waals surface area (Å²) in [5.74, 6) is 0.844. The Kier molecular flexibility index (Phi) is 21.3. The summed E-state index contributed by atoms with van der Waals surface area (Å²) in [4.78, 5) is 0. The van der Waals surface area contributed by atoms with E-state index in [1.165, 1.54) is 67.1 Å². The Morgan fingerprint density at radius 2 is 0.722 bits per heavy atom. The number of aryl methyl sites for hydroxylation is 8. The molecule has 0 aliphatic rings.